The molecule has 4 heteroatoms. The van der Waals surface area contributed by atoms with Gasteiger partial charge in [-0.05, 0) is 49.4 Å². The third-order valence-corrected chi connectivity index (χ3v) is 4.66. The molecule has 2 aromatic carbocycles. The van der Waals surface area contributed by atoms with Crippen LogP contribution < -0.4 is 4.74 Å². The second-order valence-electron chi connectivity index (χ2n) is 7.16. The fourth-order valence-electron chi connectivity index (χ4n) is 3.00. The molecule has 0 aliphatic carbocycles. The number of ether oxygens (including phenoxy) is 1. The topological polar surface area (TPSA) is 35.0 Å². The highest BCUT2D eigenvalue weighted by molar-refractivity contribution is 5.65. The molecule has 3 rings (SSSR count). The molecule has 0 aliphatic heterocycles. The summed E-state index contributed by atoms with van der Waals surface area (Å²) in [5.41, 5.74) is 4.08. The number of benzene rings is 2. The SMILES string of the molecule is C=CCOc1ccc(-c2cnc(-c3ccc(/C=C/CCCC(C)F)cc3)nc2)cc1. The molecule has 0 aliphatic rings. The monoisotopic (exact) mass is 402 g/mol. The summed E-state index contributed by atoms with van der Waals surface area (Å²) < 4.78 is 18.3. The Morgan fingerprint density at radius 3 is 2.27 bits per heavy atom. The molecular formula is C26H27FN2O. The van der Waals surface area contributed by atoms with E-state index in [0.29, 0.717) is 18.9 Å². The molecule has 30 heavy (non-hydrogen) atoms. The Labute approximate surface area is 178 Å². The van der Waals surface area contributed by atoms with E-state index in [4.69, 9.17) is 4.74 Å². The van der Waals surface area contributed by atoms with Crippen molar-refractivity contribution in [1.29, 1.82) is 0 Å². The zero-order valence-corrected chi connectivity index (χ0v) is 17.3. The van der Waals surface area contributed by atoms with Crippen LogP contribution in [-0.2, 0) is 0 Å². The number of hydrogen-bond donors (Lipinski definition) is 0. The fraction of sp³-hybridized carbons (Fsp3) is 0.231. The zero-order valence-electron chi connectivity index (χ0n) is 17.3. The molecule has 0 radical (unpaired) electrons. The summed E-state index contributed by atoms with van der Waals surface area (Å²) in [6.07, 6.45) is 11.2. The molecule has 1 aromatic heterocycles. The lowest BCUT2D eigenvalue weighted by Gasteiger charge is -2.06. The van der Waals surface area contributed by atoms with Crippen molar-refractivity contribution in [2.75, 3.05) is 6.61 Å². The van der Waals surface area contributed by atoms with Crippen molar-refractivity contribution in [3.63, 3.8) is 0 Å². The van der Waals surface area contributed by atoms with Crippen molar-refractivity contribution in [1.82, 2.24) is 9.97 Å². The van der Waals surface area contributed by atoms with Gasteiger partial charge in [-0.15, -0.1) is 0 Å². The Bertz CT molecular complexity index is 946. The second-order valence-corrected chi connectivity index (χ2v) is 7.16. The van der Waals surface area contributed by atoms with Crippen LogP contribution in [0.15, 0.2) is 79.7 Å². The number of unbranched alkanes of at least 4 members (excludes halogenated alkanes) is 1. The number of alkyl halides is 1. The van der Waals surface area contributed by atoms with Crippen LogP contribution in [0.3, 0.4) is 0 Å². The predicted molar refractivity (Wildman–Crippen MR) is 122 cm³/mol. The summed E-state index contributed by atoms with van der Waals surface area (Å²) in [6, 6.07) is 16.0. The minimum atomic E-state index is -0.722. The molecule has 154 valence electrons. The molecule has 0 spiro atoms. The van der Waals surface area contributed by atoms with E-state index in [0.717, 1.165) is 40.8 Å². The van der Waals surface area contributed by atoms with E-state index in [1.165, 1.54) is 0 Å². The first-order valence-corrected chi connectivity index (χ1v) is 10.2. The highest BCUT2D eigenvalue weighted by Gasteiger charge is 2.04. The van der Waals surface area contributed by atoms with Gasteiger partial charge in [0.05, 0.1) is 6.17 Å². The van der Waals surface area contributed by atoms with Gasteiger partial charge in [-0.25, -0.2) is 14.4 Å². The summed E-state index contributed by atoms with van der Waals surface area (Å²) in [6.45, 7) is 5.74. The predicted octanol–water partition coefficient (Wildman–Crippen LogP) is 6.92. The molecule has 0 saturated carbocycles. The van der Waals surface area contributed by atoms with Crippen LogP contribution in [0.1, 0.15) is 31.7 Å². The molecule has 3 aromatic rings. The van der Waals surface area contributed by atoms with Crippen molar-refractivity contribution in [3.05, 3.63) is 85.2 Å². The minimum absolute atomic E-state index is 0.490. The fourth-order valence-corrected chi connectivity index (χ4v) is 3.00. The van der Waals surface area contributed by atoms with Gasteiger partial charge in [0.15, 0.2) is 5.82 Å². The Morgan fingerprint density at radius 2 is 1.63 bits per heavy atom. The largest absolute Gasteiger partial charge is 0.490 e. The quantitative estimate of drug-likeness (QED) is 0.273. The first-order valence-electron chi connectivity index (χ1n) is 10.2. The molecule has 0 amide bonds. The number of nitrogens with zero attached hydrogens (tertiary/aromatic N) is 2. The first-order chi connectivity index (χ1) is 14.7. The van der Waals surface area contributed by atoms with E-state index in [9.17, 15) is 4.39 Å². The van der Waals surface area contributed by atoms with Crippen molar-refractivity contribution in [2.45, 2.75) is 32.4 Å². The molecule has 1 unspecified atom stereocenters. The number of hydrogen-bond acceptors (Lipinski definition) is 3. The van der Waals surface area contributed by atoms with Crippen molar-refractivity contribution < 1.29 is 9.13 Å². The summed E-state index contributed by atoms with van der Waals surface area (Å²) in [5.74, 6) is 1.50. The maximum absolute atomic E-state index is 12.8. The Hall–Kier alpha value is -3.27. The standard InChI is InChI=1S/C26H27FN2O/c1-3-17-30-25-15-13-22(14-16-25)24-18-28-26(29-19-24)23-11-9-21(10-12-23)8-6-4-5-7-20(2)27/h3,6,8-16,18-20H,1,4-5,7,17H2,2H3/b8-6+. The van der Waals surface area contributed by atoms with Gasteiger partial charge in [-0.3, -0.25) is 0 Å². The Kier molecular flexibility index (Phi) is 7.90. The maximum Gasteiger partial charge on any atom is 0.159 e. The summed E-state index contributed by atoms with van der Waals surface area (Å²) in [5, 5.41) is 0. The zero-order chi connectivity index (χ0) is 21.2. The van der Waals surface area contributed by atoms with Crippen LogP contribution in [-0.4, -0.2) is 22.7 Å². The van der Waals surface area contributed by atoms with Gasteiger partial charge in [0.25, 0.3) is 0 Å². The van der Waals surface area contributed by atoms with E-state index < -0.39 is 6.17 Å². The molecule has 0 fully saturated rings. The van der Waals surface area contributed by atoms with Crippen molar-refractivity contribution >= 4 is 6.08 Å². The third kappa shape index (κ3) is 6.38. The molecule has 0 bridgehead atoms. The van der Waals surface area contributed by atoms with Gasteiger partial charge in [0.2, 0.25) is 0 Å². The Morgan fingerprint density at radius 1 is 0.967 bits per heavy atom. The van der Waals surface area contributed by atoms with E-state index in [1.54, 1.807) is 13.0 Å². The third-order valence-electron chi connectivity index (χ3n) is 4.66. The summed E-state index contributed by atoms with van der Waals surface area (Å²) >= 11 is 0. The average Bonchev–Trinajstić information content (AvgIpc) is 2.78. The van der Waals surface area contributed by atoms with Gasteiger partial charge in [-0.1, -0.05) is 61.2 Å². The summed E-state index contributed by atoms with van der Waals surface area (Å²) in [7, 11) is 0. The van der Waals surface area contributed by atoms with Gasteiger partial charge < -0.3 is 4.74 Å². The van der Waals surface area contributed by atoms with Gasteiger partial charge >= 0.3 is 0 Å². The second kappa shape index (κ2) is 11.1. The number of rotatable bonds is 10. The van der Waals surface area contributed by atoms with Crippen LogP contribution in [0.25, 0.3) is 28.6 Å². The van der Waals surface area contributed by atoms with Crippen LogP contribution in [0.5, 0.6) is 5.75 Å². The molecular weight excluding hydrogens is 375 g/mol. The number of aromatic nitrogens is 2. The van der Waals surface area contributed by atoms with E-state index in [2.05, 4.69) is 28.7 Å². The van der Waals surface area contributed by atoms with Crippen LogP contribution in [0.2, 0.25) is 0 Å². The molecule has 3 nitrogen and oxygen atoms in total. The molecule has 0 saturated heterocycles. The van der Waals surface area contributed by atoms with Gasteiger partial charge in [-0.2, -0.15) is 0 Å². The molecule has 1 heterocycles. The lowest BCUT2D eigenvalue weighted by atomic mass is 10.1. The van der Waals surface area contributed by atoms with Gasteiger partial charge in [0.1, 0.15) is 12.4 Å². The Balaban J connectivity index is 1.60. The molecule has 0 N–H and O–H groups in total. The van der Waals surface area contributed by atoms with Crippen molar-refractivity contribution in [2.24, 2.45) is 0 Å². The smallest absolute Gasteiger partial charge is 0.159 e. The van der Waals surface area contributed by atoms with E-state index in [1.807, 2.05) is 60.9 Å². The summed E-state index contributed by atoms with van der Waals surface area (Å²) in [4.78, 5) is 9.04. The highest BCUT2D eigenvalue weighted by atomic mass is 19.1. The average molecular weight is 403 g/mol. The number of halogens is 1. The van der Waals surface area contributed by atoms with Crippen LogP contribution in [0.4, 0.5) is 4.39 Å². The minimum Gasteiger partial charge on any atom is -0.490 e. The van der Waals surface area contributed by atoms with E-state index in [-0.39, 0.29) is 0 Å². The first kappa shape index (κ1) is 21.4. The highest BCUT2D eigenvalue weighted by Crippen LogP contribution is 2.23. The lowest BCUT2D eigenvalue weighted by molar-refractivity contribution is 0.335. The van der Waals surface area contributed by atoms with Crippen LogP contribution >= 0.6 is 0 Å². The van der Waals surface area contributed by atoms with Gasteiger partial charge in [0, 0.05) is 23.5 Å². The lowest BCUT2D eigenvalue weighted by Crippen LogP contribution is -1.93. The number of allylic oxidation sites excluding steroid dienone is 1. The molecule has 1 atom stereocenters. The maximum atomic E-state index is 12.8. The van der Waals surface area contributed by atoms with Crippen molar-refractivity contribution in [3.8, 4) is 28.3 Å². The van der Waals surface area contributed by atoms with E-state index >= 15 is 0 Å². The van der Waals surface area contributed by atoms with Crippen LogP contribution in [0, 0.1) is 0 Å². The normalized spacial score (nSPS) is 12.1.